The summed E-state index contributed by atoms with van der Waals surface area (Å²) < 4.78 is 1.85. The molecule has 0 atom stereocenters. The summed E-state index contributed by atoms with van der Waals surface area (Å²) in [5.74, 6) is 0.879. The SMILES string of the molecule is N#CCC1CC(CC#N)(n2cc(/C(=C/N)c3cc[nH]c3N)cn2)C1. The number of nitrogens with zero attached hydrogens (tertiary/aromatic N) is 4. The van der Waals surface area contributed by atoms with Gasteiger partial charge in [-0.2, -0.15) is 15.6 Å². The highest BCUT2D eigenvalue weighted by Gasteiger charge is 2.46. The predicted octanol–water partition coefficient (Wildman–Crippen LogP) is 2.07. The molecule has 0 aliphatic heterocycles. The second kappa shape index (κ2) is 6.13. The van der Waals surface area contributed by atoms with Crippen molar-refractivity contribution in [1.82, 2.24) is 14.8 Å². The molecule has 5 N–H and O–H groups in total. The first kappa shape index (κ1) is 15.7. The molecule has 0 amide bonds. The van der Waals surface area contributed by atoms with Crippen LogP contribution < -0.4 is 11.5 Å². The van der Waals surface area contributed by atoms with Crippen molar-refractivity contribution in [3.8, 4) is 12.1 Å². The van der Waals surface area contributed by atoms with Crippen molar-refractivity contribution in [3.05, 3.63) is 42.0 Å². The Morgan fingerprint density at radius 3 is 2.83 bits per heavy atom. The van der Waals surface area contributed by atoms with E-state index in [1.165, 1.54) is 6.20 Å². The fourth-order valence-corrected chi connectivity index (χ4v) is 3.53. The van der Waals surface area contributed by atoms with Gasteiger partial charge in [-0.15, -0.1) is 0 Å². The lowest BCUT2D eigenvalue weighted by molar-refractivity contribution is 0.0598. The maximum absolute atomic E-state index is 9.18. The standard InChI is InChI=1S/C17H19N7/c18-4-1-12-7-17(8-12,3-5-19)24-11-13(10-23-24)15(9-20)14-2-6-22-16(14)21/h2,6,9-12,22H,1,3,7-8,20-21H2/b15-9-. The quantitative estimate of drug-likeness (QED) is 0.775. The summed E-state index contributed by atoms with van der Waals surface area (Å²) in [6.07, 6.45) is 9.41. The number of aromatic nitrogens is 3. The zero-order valence-corrected chi connectivity index (χ0v) is 13.2. The Labute approximate surface area is 140 Å². The Bertz CT molecular complexity index is 837. The van der Waals surface area contributed by atoms with Crippen LogP contribution in [0.5, 0.6) is 0 Å². The summed E-state index contributed by atoms with van der Waals surface area (Å²) in [5.41, 5.74) is 13.9. The average molecular weight is 321 g/mol. The van der Waals surface area contributed by atoms with Crippen molar-refractivity contribution in [2.45, 2.75) is 31.2 Å². The lowest BCUT2D eigenvalue weighted by Crippen LogP contribution is -2.46. The number of hydrogen-bond donors (Lipinski definition) is 3. The summed E-state index contributed by atoms with van der Waals surface area (Å²) >= 11 is 0. The van der Waals surface area contributed by atoms with Crippen LogP contribution >= 0.6 is 0 Å². The number of nitriles is 2. The smallest absolute Gasteiger partial charge is 0.108 e. The van der Waals surface area contributed by atoms with Gasteiger partial charge in [0.2, 0.25) is 0 Å². The van der Waals surface area contributed by atoms with Crippen LogP contribution in [-0.2, 0) is 5.54 Å². The van der Waals surface area contributed by atoms with Crippen LogP contribution in [0.3, 0.4) is 0 Å². The maximum atomic E-state index is 9.18. The van der Waals surface area contributed by atoms with Crippen molar-refractivity contribution in [1.29, 1.82) is 10.5 Å². The normalized spacial score (nSPS) is 23.2. The number of aromatic amines is 1. The molecule has 0 radical (unpaired) electrons. The first-order chi connectivity index (χ1) is 11.6. The van der Waals surface area contributed by atoms with Gasteiger partial charge < -0.3 is 16.5 Å². The van der Waals surface area contributed by atoms with Crippen molar-refractivity contribution in [3.63, 3.8) is 0 Å². The zero-order valence-electron chi connectivity index (χ0n) is 13.2. The first-order valence-corrected chi connectivity index (χ1v) is 7.78. The van der Waals surface area contributed by atoms with Gasteiger partial charge in [-0.05, 0) is 24.8 Å². The third kappa shape index (κ3) is 2.50. The van der Waals surface area contributed by atoms with Gasteiger partial charge >= 0.3 is 0 Å². The summed E-state index contributed by atoms with van der Waals surface area (Å²) in [4.78, 5) is 2.93. The number of hydrogen-bond acceptors (Lipinski definition) is 5. The third-order valence-corrected chi connectivity index (χ3v) is 4.74. The molecule has 1 saturated carbocycles. The fourth-order valence-electron chi connectivity index (χ4n) is 3.53. The van der Waals surface area contributed by atoms with Gasteiger partial charge in [-0.1, -0.05) is 0 Å². The van der Waals surface area contributed by atoms with Crippen molar-refractivity contribution >= 4 is 11.4 Å². The second-order valence-corrected chi connectivity index (χ2v) is 6.25. The summed E-state index contributed by atoms with van der Waals surface area (Å²) in [7, 11) is 0. The molecule has 1 aliphatic rings. The highest BCUT2D eigenvalue weighted by molar-refractivity contribution is 5.83. The van der Waals surface area contributed by atoms with Gasteiger partial charge in [0, 0.05) is 41.7 Å². The number of rotatable bonds is 5. The minimum Gasteiger partial charge on any atom is -0.404 e. The Hall–Kier alpha value is -3.19. The van der Waals surface area contributed by atoms with E-state index in [0.717, 1.165) is 29.5 Å². The molecule has 0 aromatic carbocycles. The Morgan fingerprint density at radius 2 is 2.25 bits per heavy atom. The topological polar surface area (TPSA) is 133 Å². The third-order valence-electron chi connectivity index (χ3n) is 4.74. The van der Waals surface area contributed by atoms with Gasteiger partial charge in [-0.3, -0.25) is 4.68 Å². The van der Waals surface area contributed by atoms with Gasteiger partial charge in [-0.25, -0.2) is 0 Å². The Kier molecular flexibility index (Phi) is 4.01. The highest BCUT2D eigenvalue weighted by atomic mass is 15.3. The lowest BCUT2D eigenvalue weighted by atomic mass is 9.66. The van der Waals surface area contributed by atoms with E-state index in [1.54, 1.807) is 12.4 Å². The number of nitrogens with one attached hydrogen (secondary N) is 1. The molecular weight excluding hydrogens is 302 g/mol. The van der Waals surface area contributed by atoms with E-state index in [0.29, 0.717) is 24.6 Å². The van der Waals surface area contributed by atoms with Crippen molar-refractivity contribution in [2.24, 2.45) is 11.7 Å². The van der Waals surface area contributed by atoms with Crippen LogP contribution in [0.4, 0.5) is 5.82 Å². The molecule has 0 unspecified atom stereocenters. The Morgan fingerprint density at radius 1 is 1.46 bits per heavy atom. The zero-order chi connectivity index (χ0) is 17.2. The molecule has 2 aromatic heterocycles. The van der Waals surface area contributed by atoms with Crippen molar-refractivity contribution < 1.29 is 0 Å². The fraction of sp³-hybridized carbons (Fsp3) is 0.353. The second-order valence-electron chi connectivity index (χ2n) is 6.25. The molecule has 0 saturated heterocycles. The van der Waals surface area contributed by atoms with E-state index >= 15 is 0 Å². The summed E-state index contributed by atoms with van der Waals surface area (Å²) in [5, 5.41) is 22.5. The number of nitrogen functional groups attached to an aromatic ring is 1. The molecule has 122 valence electrons. The van der Waals surface area contributed by atoms with Crippen LogP contribution in [0.25, 0.3) is 5.57 Å². The molecule has 1 fully saturated rings. The maximum Gasteiger partial charge on any atom is 0.108 e. The van der Waals surface area contributed by atoms with Gasteiger partial charge in [0.1, 0.15) is 5.82 Å². The summed E-state index contributed by atoms with van der Waals surface area (Å²) in [6, 6.07) is 6.32. The highest BCUT2D eigenvalue weighted by Crippen LogP contribution is 2.47. The average Bonchev–Trinajstić information content (AvgIpc) is 3.17. The summed E-state index contributed by atoms with van der Waals surface area (Å²) in [6.45, 7) is 0. The number of nitrogens with two attached hydrogens (primary N) is 2. The minimum atomic E-state index is -0.322. The molecule has 24 heavy (non-hydrogen) atoms. The van der Waals surface area contributed by atoms with Crippen LogP contribution in [0.1, 0.15) is 36.8 Å². The van der Waals surface area contributed by atoms with Gasteiger partial charge in [0.05, 0.1) is 30.3 Å². The molecule has 0 spiro atoms. The molecule has 1 aliphatic carbocycles. The Balaban J connectivity index is 1.89. The molecule has 7 heteroatoms. The van der Waals surface area contributed by atoms with Crippen LogP contribution in [0.15, 0.2) is 30.9 Å². The number of anilines is 1. The monoisotopic (exact) mass is 321 g/mol. The molecule has 2 heterocycles. The first-order valence-electron chi connectivity index (χ1n) is 7.78. The van der Waals surface area contributed by atoms with Crippen molar-refractivity contribution in [2.75, 3.05) is 5.73 Å². The van der Waals surface area contributed by atoms with Gasteiger partial charge in [0.15, 0.2) is 0 Å². The van der Waals surface area contributed by atoms with E-state index in [2.05, 4.69) is 22.2 Å². The van der Waals surface area contributed by atoms with Gasteiger partial charge in [0.25, 0.3) is 0 Å². The van der Waals surface area contributed by atoms with E-state index in [9.17, 15) is 5.26 Å². The molecule has 2 aromatic rings. The van der Waals surface area contributed by atoms with Crippen LogP contribution in [0, 0.1) is 28.6 Å². The lowest BCUT2D eigenvalue weighted by Gasteiger charge is -2.46. The van der Waals surface area contributed by atoms with Crippen LogP contribution in [0.2, 0.25) is 0 Å². The van der Waals surface area contributed by atoms with E-state index in [-0.39, 0.29) is 5.54 Å². The minimum absolute atomic E-state index is 0.322. The van der Waals surface area contributed by atoms with E-state index in [1.807, 2.05) is 16.9 Å². The molecule has 7 nitrogen and oxygen atoms in total. The van der Waals surface area contributed by atoms with E-state index < -0.39 is 0 Å². The molecule has 3 rings (SSSR count). The molecular formula is C17H19N7. The van der Waals surface area contributed by atoms with Crippen LogP contribution in [-0.4, -0.2) is 14.8 Å². The predicted molar refractivity (Wildman–Crippen MR) is 89.9 cm³/mol. The number of H-pyrrole nitrogens is 1. The molecule has 0 bridgehead atoms. The largest absolute Gasteiger partial charge is 0.404 e. The van der Waals surface area contributed by atoms with E-state index in [4.69, 9.17) is 16.7 Å².